The molecule has 0 bridgehead atoms. The summed E-state index contributed by atoms with van der Waals surface area (Å²) < 4.78 is 30.4. The van der Waals surface area contributed by atoms with Gasteiger partial charge >= 0.3 is 23.9 Å². The van der Waals surface area contributed by atoms with Gasteiger partial charge in [0.05, 0.1) is 11.0 Å². The molecule has 5 unspecified atom stereocenters. The van der Waals surface area contributed by atoms with Gasteiger partial charge in [-0.25, -0.2) is 4.98 Å². The number of rotatable bonds is 18. The van der Waals surface area contributed by atoms with Crippen molar-refractivity contribution >= 4 is 46.7 Å². The summed E-state index contributed by atoms with van der Waals surface area (Å²) in [5.74, 6) is -2.53. The molecule has 3 rings (SSSR count). The number of hydrogen-bond donors (Lipinski definition) is 0. The zero-order valence-electron chi connectivity index (χ0n) is 27.2. The fourth-order valence-corrected chi connectivity index (χ4v) is 6.72. The van der Waals surface area contributed by atoms with Crippen LogP contribution in [-0.2, 0) is 49.4 Å². The van der Waals surface area contributed by atoms with E-state index in [-0.39, 0.29) is 6.61 Å². The predicted octanol–water partition coefficient (Wildman–Crippen LogP) is 6.13. The molecular formula is C33H48N2O9S. The van der Waals surface area contributed by atoms with Crippen LogP contribution in [0.5, 0.6) is 0 Å². The first-order valence-electron chi connectivity index (χ1n) is 16.0. The molecule has 0 amide bonds. The summed E-state index contributed by atoms with van der Waals surface area (Å²) in [6.07, 6.45) is 7.64. The smallest absolute Gasteiger partial charge is 0.303 e. The molecule has 1 aromatic carbocycles. The van der Waals surface area contributed by atoms with Gasteiger partial charge in [0.15, 0.2) is 28.9 Å². The monoisotopic (exact) mass is 648 g/mol. The number of carbonyl (C=O) groups excluding carboxylic acids is 4. The summed E-state index contributed by atoms with van der Waals surface area (Å²) >= 11 is 1.22. The topological polar surface area (TPSA) is 132 Å². The van der Waals surface area contributed by atoms with E-state index in [0.29, 0.717) is 5.16 Å². The number of ether oxygens (including phenoxy) is 5. The van der Waals surface area contributed by atoms with Crippen molar-refractivity contribution in [2.75, 3.05) is 6.61 Å². The van der Waals surface area contributed by atoms with Crippen molar-refractivity contribution in [2.45, 2.75) is 140 Å². The zero-order chi connectivity index (χ0) is 32.8. The van der Waals surface area contributed by atoms with Crippen LogP contribution in [-0.4, -0.2) is 69.9 Å². The van der Waals surface area contributed by atoms with Crippen molar-refractivity contribution < 1.29 is 42.9 Å². The van der Waals surface area contributed by atoms with Gasteiger partial charge in [-0.05, 0) is 18.6 Å². The molecule has 0 spiro atoms. The first kappa shape index (κ1) is 36.3. The number of nitrogens with zero attached hydrogens (tertiary/aromatic N) is 2. The number of aryl methyl sites for hydroxylation is 1. The van der Waals surface area contributed by atoms with Gasteiger partial charge in [0.1, 0.15) is 12.7 Å². The Labute approximate surface area is 270 Å². The summed E-state index contributed by atoms with van der Waals surface area (Å²) in [5, 5.41) is 0.632. The third-order valence-corrected chi connectivity index (χ3v) is 8.66. The van der Waals surface area contributed by atoms with Gasteiger partial charge in [0.2, 0.25) is 0 Å². The van der Waals surface area contributed by atoms with E-state index in [9.17, 15) is 19.2 Å². The van der Waals surface area contributed by atoms with Gasteiger partial charge in [0.25, 0.3) is 0 Å². The Kier molecular flexibility index (Phi) is 15.1. The highest BCUT2D eigenvalue weighted by atomic mass is 32.2. The second-order valence-corrected chi connectivity index (χ2v) is 12.5. The maximum absolute atomic E-state index is 12.3. The van der Waals surface area contributed by atoms with Crippen molar-refractivity contribution in [3.8, 4) is 0 Å². The number of hydrogen-bond acceptors (Lipinski definition) is 11. The minimum absolute atomic E-state index is 0.274. The number of unbranched alkanes of at least 4 members (excludes halogenated alkanes) is 9. The molecule has 1 aliphatic heterocycles. The van der Waals surface area contributed by atoms with Gasteiger partial charge in [-0.2, -0.15) is 0 Å². The van der Waals surface area contributed by atoms with Crippen molar-refractivity contribution in [1.29, 1.82) is 0 Å². The van der Waals surface area contributed by atoms with E-state index >= 15 is 0 Å². The molecule has 0 aliphatic carbocycles. The Morgan fingerprint density at radius 2 is 1.31 bits per heavy atom. The number of carbonyl (C=O) groups is 4. The number of fused-ring (bicyclic) bond motifs is 1. The average molecular weight is 649 g/mol. The van der Waals surface area contributed by atoms with Crippen molar-refractivity contribution in [3.05, 3.63) is 24.3 Å². The van der Waals surface area contributed by atoms with Crippen LogP contribution in [0.25, 0.3) is 11.0 Å². The van der Waals surface area contributed by atoms with Gasteiger partial charge in [-0.15, -0.1) is 0 Å². The summed E-state index contributed by atoms with van der Waals surface area (Å²) in [6.45, 7) is 7.58. The molecule has 1 aromatic heterocycles. The quantitative estimate of drug-likeness (QED) is 0.105. The molecule has 0 N–H and O–H groups in total. The standard InChI is InChI=1S/C33H48N2O9S/c1-6-7-8-9-10-11-12-13-14-17-20-35-27-19-16-15-18-26(27)34-33(35)45-32-31(43-25(5)39)30(42-24(4)38)29(41-23(3)37)28(44-32)21-40-22(2)36/h15-16,18-19,28-32H,6-14,17,20-21H2,1-5H3. The van der Waals surface area contributed by atoms with Gasteiger partial charge in [-0.1, -0.05) is 88.6 Å². The van der Waals surface area contributed by atoms with Crippen molar-refractivity contribution in [1.82, 2.24) is 9.55 Å². The molecular weight excluding hydrogens is 600 g/mol. The first-order chi connectivity index (χ1) is 21.6. The minimum atomic E-state index is -1.22. The van der Waals surface area contributed by atoms with Crippen LogP contribution >= 0.6 is 11.8 Å². The molecule has 0 radical (unpaired) electrons. The Morgan fingerprint density at radius 1 is 0.756 bits per heavy atom. The summed E-state index contributed by atoms with van der Waals surface area (Å²) in [5.41, 5.74) is 0.827. The number of benzene rings is 1. The van der Waals surface area contributed by atoms with Crippen LogP contribution in [0.4, 0.5) is 0 Å². The molecule has 5 atom stereocenters. The first-order valence-corrected chi connectivity index (χ1v) is 16.9. The van der Waals surface area contributed by atoms with Crippen molar-refractivity contribution in [3.63, 3.8) is 0 Å². The molecule has 2 aromatic rings. The number of imidazole rings is 1. The highest BCUT2D eigenvalue weighted by Gasteiger charge is 2.52. The number of para-hydroxylation sites is 2. The lowest BCUT2D eigenvalue weighted by molar-refractivity contribution is -0.237. The number of thioether (sulfide) groups is 1. The third kappa shape index (κ3) is 11.6. The summed E-state index contributed by atoms with van der Waals surface area (Å²) in [6, 6.07) is 7.82. The van der Waals surface area contributed by atoms with Crippen LogP contribution < -0.4 is 0 Å². The molecule has 0 saturated carbocycles. The van der Waals surface area contributed by atoms with Crippen LogP contribution in [0.2, 0.25) is 0 Å². The lowest BCUT2D eigenvalue weighted by Gasteiger charge is -2.44. The van der Waals surface area contributed by atoms with Gasteiger partial charge in [0, 0.05) is 34.2 Å². The lowest BCUT2D eigenvalue weighted by Crippen LogP contribution is -2.61. The minimum Gasteiger partial charge on any atom is -0.463 e. The van der Waals surface area contributed by atoms with Crippen LogP contribution in [0.1, 0.15) is 98.8 Å². The Morgan fingerprint density at radius 3 is 1.91 bits per heavy atom. The maximum atomic E-state index is 12.3. The Balaban J connectivity index is 1.83. The molecule has 2 heterocycles. The SMILES string of the molecule is CCCCCCCCCCCCn1c(SC2OC(COC(C)=O)C(OC(C)=O)C(OC(C)=O)C2OC(C)=O)nc2ccccc21. The van der Waals surface area contributed by atoms with Gasteiger partial charge < -0.3 is 28.3 Å². The highest BCUT2D eigenvalue weighted by molar-refractivity contribution is 7.99. The molecule has 1 aliphatic rings. The van der Waals surface area contributed by atoms with Gasteiger partial charge in [-0.3, -0.25) is 19.2 Å². The lowest BCUT2D eigenvalue weighted by atomic mass is 9.99. The second kappa shape index (κ2) is 18.8. The van der Waals surface area contributed by atoms with E-state index < -0.39 is 53.7 Å². The average Bonchev–Trinajstić information content (AvgIpc) is 3.32. The van der Waals surface area contributed by atoms with Crippen LogP contribution in [0.15, 0.2) is 29.4 Å². The summed E-state index contributed by atoms with van der Waals surface area (Å²) in [4.78, 5) is 53.1. The Hall–Kier alpha value is -3.12. The molecule has 12 heteroatoms. The highest BCUT2D eigenvalue weighted by Crippen LogP contribution is 2.38. The predicted molar refractivity (Wildman–Crippen MR) is 169 cm³/mol. The van der Waals surface area contributed by atoms with E-state index in [1.54, 1.807) is 0 Å². The molecule has 1 fully saturated rings. The molecule has 11 nitrogen and oxygen atoms in total. The third-order valence-electron chi connectivity index (χ3n) is 7.52. The second-order valence-electron chi connectivity index (χ2n) is 11.4. The molecule has 45 heavy (non-hydrogen) atoms. The fourth-order valence-electron chi connectivity index (χ4n) is 5.50. The number of aromatic nitrogens is 2. The van der Waals surface area contributed by atoms with E-state index in [1.807, 2.05) is 24.3 Å². The summed E-state index contributed by atoms with van der Waals surface area (Å²) in [7, 11) is 0. The normalized spacial score (nSPS) is 21.3. The zero-order valence-corrected chi connectivity index (χ0v) is 28.0. The van der Waals surface area contributed by atoms with E-state index in [2.05, 4.69) is 11.5 Å². The fraction of sp³-hybridized carbons (Fsp3) is 0.667. The van der Waals surface area contributed by atoms with Crippen LogP contribution in [0.3, 0.4) is 0 Å². The van der Waals surface area contributed by atoms with E-state index in [1.165, 1.54) is 90.8 Å². The van der Waals surface area contributed by atoms with Crippen LogP contribution in [0, 0.1) is 0 Å². The molecule has 250 valence electrons. The van der Waals surface area contributed by atoms with E-state index in [0.717, 1.165) is 30.4 Å². The Bertz CT molecular complexity index is 1270. The van der Waals surface area contributed by atoms with E-state index in [4.69, 9.17) is 28.7 Å². The largest absolute Gasteiger partial charge is 0.463 e. The number of esters is 4. The maximum Gasteiger partial charge on any atom is 0.303 e. The van der Waals surface area contributed by atoms with Crippen molar-refractivity contribution in [2.24, 2.45) is 0 Å². The molecule has 1 saturated heterocycles.